The lowest BCUT2D eigenvalue weighted by Crippen LogP contribution is -2.18. The molecule has 0 aliphatic rings. The molecule has 19 heavy (non-hydrogen) atoms. The number of anilines is 1. The van der Waals surface area contributed by atoms with Crippen molar-refractivity contribution in [2.75, 3.05) is 11.9 Å². The SMILES string of the molecule is CCC(CC)CNc1cc(C(N)=O)cc(C(N)=O)c1. The maximum atomic E-state index is 11.2. The van der Waals surface area contributed by atoms with Gasteiger partial charge in [0.15, 0.2) is 0 Å². The van der Waals surface area contributed by atoms with Gasteiger partial charge in [-0.2, -0.15) is 0 Å². The van der Waals surface area contributed by atoms with E-state index in [1.165, 1.54) is 6.07 Å². The molecule has 0 aliphatic heterocycles. The Morgan fingerprint density at radius 3 is 1.89 bits per heavy atom. The summed E-state index contributed by atoms with van der Waals surface area (Å²) in [7, 11) is 0. The highest BCUT2D eigenvalue weighted by atomic mass is 16.1. The molecule has 5 N–H and O–H groups in total. The van der Waals surface area contributed by atoms with Crippen molar-refractivity contribution in [3.05, 3.63) is 29.3 Å². The van der Waals surface area contributed by atoms with Gasteiger partial charge >= 0.3 is 0 Å². The first-order valence-electron chi connectivity index (χ1n) is 6.46. The Balaban J connectivity index is 2.93. The highest BCUT2D eigenvalue weighted by molar-refractivity contribution is 5.99. The van der Waals surface area contributed by atoms with Crippen LogP contribution in [0, 0.1) is 5.92 Å². The summed E-state index contributed by atoms with van der Waals surface area (Å²) in [5, 5.41) is 3.22. The number of hydrogen-bond acceptors (Lipinski definition) is 3. The number of nitrogens with two attached hydrogens (primary N) is 2. The molecule has 1 aromatic carbocycles. The molecule has 1 rings (SSSR count). The molecule has 0 unspecified atom stereocenters. The molecule has 5 heteroatoms. The van der Waals surface area contributed by atoms with E-state index in [0.29, 0.717) is 11.6 Å². The molecular formula is C14H21N3O2. The molecule has 0 heterocycles. The lowest BCUT2D eigenvalue weighted by molar-refractivity contribution is 0.0999. The van der Waals surface area contributed by atoms with Crippen LogP contribution in [0.25, 0.3) is 0 Å². The minimum atomic E-state index is -0.575. The summed E-state index contributed by atoms with van der Waals surface area (Å²) in [6.07, 6.45) is 2.14. The molecule has 0 bridgehead atoms. The fourth-order valence-corrected chi connectivity index (χ4v) is 1.85. The molecule has 0 aliphatic carbocycles. The first-order chi connectivity index (χ1) is 8.97. The zero-order chi connectivity index (χ0) is 14.4. The lowest BCUT2D eigenvalue weighted by Gasteiger charge is -2.15. The minimum absolute atomic E-state index is 0.281. The lowest BCUT2D eigenvalue weighted by atomic mass is 10.0. The highest BCUT2D eigenvalue weighted by Gasteiger charge is 2.10. The molecule has 0 saturated heterocycles. The molecule has 0 spiro atoms. The minimum Gasteiger partial charge on any atom is -0.385 e. The Morgan fingerprint density at radius 2 is 1.53 bits per heavy atom. The van der Waals surface area contributed by atoms with E-state index in [2.05, 4.69) is 19.2 Å². The van der Waals surface area contributed by atoms with E-state index in [0.717, 1.165) is 19.4 Å². The van der Waals surface area contributed by atoms with Crippen molar-refractivity contribution in [3.63, 3.8) is 0 Å². The number of amides is 2. The summed E-state index contributed by atoms with van der Waals surface area (Å²) < 4.78 is 0. The predicted molar refractivity (Wildman–Crippen MR) is 76.0 cm³/mol. The third-order valence-corrected chi connectivity index (χ3v) is 3.25. The summed E-state index contributed by atoms with van der Waals surface area (Å²) in [4.78, 5) is 22.4. The van der Waals surface area contributed by atoms with E-state index in [9.17, 15) is 9.59 Å². The average molecular weight is 263 g/mol. The Morgan fingerprint density at radius 1 is 1.05 bits per heavy atom. The van der Waals surface area contributed by atoms with Gasteiger partial charge in [0.25, 0.3) is 0 Å². The third-order valence-electron chi connectivity index (χ3n) is 3.25. The van der Waals surface area contributed by atoms with Crippen LogP contribution in [0.4, 0.5) is 5.69 Å². The fourth-order valence-electron chi connectivity index (χ4n) is 1.85. The second-order valence-electron chi connectivity index (χ2n) is 4.59. The molecule has 104 valence electrons. The Kier molecular flexibility index (Phi) is 5.36. The second-order valence-corrected chi connectivity index (χ2v) is 4.59. The number of rotatable bonds is 7. The van der Waals surface area contributed by atoms with E-state index in [-0.39, 0.29) is 11.1 Å². The third kappa shape index (κ3) is 4.28. The second kappa shape index (κ2) is 6.78. The molecule has 0 atom stereocenters. The largest absolute Gasteiger partial charge is 0.385 e. The number of carbonyl (C=O) groups excluding carboxylic acids is 2. The summed E-state index contributed by atoms with van der Waals surface area (Å²) in [5.74, 6) is -0.600. The Bertz CT molecular complexity index is 436. The molecule has 5 nitrogen and oxygen atoms in total. The van der Waals surface area contributed by atoms with Crippen molar-refractivity contribution < 1.29 is 9.59 Å². The van der Waals surface area contributed by atoms with Gasteiger partial charge in [-0.3, -0.25) is 9.59 Å². The van der Waals surface area contributed by atoms with Crippen molar-refractivity contribution in [2.45, 2.75) is 26.7 Å². The number of benzene rings is 1. The topological polar surface area (TPSA) is 98.2 Å². The zero-order valence-electron chi connectivity index (χ0n) is 11.4. The summed E-state index contributed by atoms with van der Waals surface area (Å²) in [5.41, 5.74) is 11.7. The number of hydrogen-bond donors (Lipinski definition) is 3. The van der Waals surface area contributed by atoms with E-state index in [1.54, 1.807) is 12.1 Å². The van der Waals surface area contributed by atoms with E-state index >= 15 is 0 Å². The van der Waals surface area contributed by atoms with E-state index < -0.39 is 11.8 Å². The van der Waals surface area contributed by atoms with Gasteiger partial charge in [0.1, 0.15) is 0 Å². The van der Waals surface area contributed by atoms with Crippen LogP contribution in [0.2, 0.25) is 0 Å². The van der Waals surface area contributed by atoms with Crippen molar-refractivity contribution in [1.82, 2.24) is 0 Å². The van der Waals surface area contributed by atoms with E-state index in [1.807, 2.05) is 0 Å². The van der Waals surface area contributed by atoms with Gasteiger partial charge in [-0.15, -0.1) is 0 Å². The fraction of sp³-hybridized carbons (Fsp3) is 0.429. The van der Waals surface area contributed by atoms with Gasteiger partial charge in [0, 0.05) is 23.4 Å². The zero-order valence-corrected chi connectivity index (χ0v) is 11.4. The maximum Gasteiger partial charge on any atom is 0.248 e. The summed E-state index contributed by atoms with van der Waals surface area (Å²) >= 11 is 0. The Labute approximate surface area is 113 Å². The van der Waals surface area contributed by atoms with Crippen LogP contribution >= 0.6 is 0 Å². The van der Waals surface area contributed by atoms with Crippen LogP contribution in [-0.4, -0.2) is 18.4 Å². The van der Waals surface area contributed by atoms with Gasteiger partial charge in [0.2, 0.25) is 11.8 Å². The number of nitrogens with one attached hydrogen (secondary N) is 1. The molecule has 1 aromatic rings. The quantitative estimate of drug-likeness (QED) is 0.698. The standard InChI is InChI=1S/C14H21N3O2/c1-3-9(4-2)8-17-12-6-10(13(15)18)5-11(7-12)14(16)19/h5-7,9,17H,3-4,8H2,1-2H3,(H2,15,18)(H2,16,19). The van der Waals surface area contributed by atoms with Crippen LogP contribution in [0.15, 0.2) is 18.2 Å². The van der Waals surface area contributed by atoms with Crippen LogP contribution in [0.1, 0.15) is 47.4 Å². The van der Waals surface area contributed by atoms with Crippen LogP contribution in [0.5, 0.6) is 0 Å². The van der Waals surface area contributed by atoms with Gasteiger partial charge < -0.3 is 16.8 Å². The van der Waals surface area contributed by atoms with Crippen LogP contribution in [-0.2, 0) is 0 Å². The normalized spacial score (nSPS) is 10.5. The van der Waals surface area contributed by atoms with Crippen molar-refractivity contribution in [2.24, 2.45) is 17.4 Å². The summed E-state index contributed by atoms with van der Waals surface area (Å²) in [6.45, 7) is 5.04. The monoisotopic (exact) mass is 263 g/mol. The first kappa shape index (κ1) is 15.0. The molecule has 2 amide bonds. The van der Waals surface area contributed by atoms with Crippen molar-refractivity contribution in [1.29, 1.82) is 0 Å². The van der Waals surface area contributed by atoms with Gasteiger partial charge in [-0.25, -0.2) is 0 Å². The van der Waals surface area contributed by atoms with Crippen LogP contribution < -0.4 is 16.8 Å². The first-order valence-corrected chi connectivity index (χ1v) is 6.46. The molecule has 0 fully saturated rings. The molecule has 0 radical (unpaired) electrons. The predicted octanol–water partition coefficient (Wildman–Crippen LogP) is 1.73. The number of carbonyl (C=O) groups is 2. The average Bonchev–Trinajstić information content (AvgIpc) is 2.39. The smallest absolute Gasteiger partial charge is 0.248 e. The van der Waals surface area contributed by atoms with Crippen molar-refractivity contribution >= 4 is 17.5 Å². The molecular weight excluding hydrogens is 242 g/mol. The van der Waals surface area contributed by atoms with Gasteiger partial charge in [0.05, 0.1) is 0 Å². The highest BCUT2D eigenvalue weighted by Crippen LogP contribution is 2.16. The van der Waals surface area contributed by atoms with E-state index in [4.69, 9.17) is 11.5 Å². The number of primary amides is 2. The molecule has 0 aromatic heterocycles. The maximum absolute atomic E-state index is 11.2. The Hall–Kier alpha value is -2.04. The van der Waals surface area contributed by atoms with Gasteiger partial charge in [-0.05, 0) is 24.1 Å². The van der Waals surface area contributed by atoms with Crippen LogP contribution in [0.3, 0.4) is 0 Å². The van der Waals surface area contributed by atoms with Gasteiger partial charge in [-0.1, -0.05) is 26.7 Å². The summed E-state index contributed by atoms with van der Waals surface area (Å²) in [6, 6.07) is 4.68. The molecule has 0 saturated carbocycles. The van der Waals surface area contributed by atoms with Crippen molar-refractivity contribution in [3.8, 4) is 0 Å².